The fourth-order valence-corrected chi connectivity index (χ4v) is 2.05. The molecule has 0 saturated carbocycles. The Morgan fingerprint density at radius 2 is 2.13 bits per heavy atom. The lowest BCUT2D eigenvalue weighted by Crippen LogP contribution is -2.31. The molecule has 2 rings (SSSR count). The van der Waals surface area contributed by atoms with Crippen LogP contribution in [-0.2, 0) is 12.0 Å². The van der Waals surface area contributed by atoms with Crippen LogP contribution in [0.5, 0.6) is 5.75 Å². The molecule has 2 heteroatoms. The quantitative estimate of drug-likeness (QED) is 0.764. The summed E-state index contributed by atoms with van der Waals surface area (Å²) in [5.41, 5.74) is 8.23. The maximum Gasteiger partial charge on any atom is 0.127 e. The highest BCUT2D eigenvalue weighted by molar-refractivity contribution is 5.46. The lowest BCUT2D eigenvalue weighted by atomic mass is 9.90. The highest BCUT2D eigenvalue weighted by Crippen LogP contribution is 2.35. The molecular formula is C13H19NO. The van der Waals surface area contributed by atoms with Crippen LogP contribution in [0.3, 0.4) is 0 Å². The molecule has 15 heavy (non-hydrogen) atoms. The van der Waals surface area contributed by atoms with Crippen molar-refractivity contribution in [3.05, 3.63) is 29.3 Å². The number of hydrogen-bond acceptors (Lipinski definition) is 2. The summed E-state index contributed by atoms with van der Waals surface area (Å²) in [5.74, 6) is 1.02. The molecule has 0 fully saturated rings. The van der Waals surface area contributed by atoms with Crippen molar-refractivity contribution in [1.82, 2.24) is 0 Å². The highest BCUT2D eigenvalue weighted by Gasteiger charge is 2.25. The van der Waals surface area contributed by atoms with Gasteiger partial charge < -0.3 is 10.5 Å². The van der Waals surface area contributed by atoms with E-state index in [4.69, 9.17) is 10.5 Å². The Morgan fingerprint density at radius 1 is 1.40 bits per heavy atom. The maximum absolute atomic E-state index is 6.15. The molecule has 2 N–H and O–H groups in total. The Hall–Kier alpha value is -1.02. The molecule has 1 aliphatic heterocycles. The van der Waals surface area contributed by atoms with Gasteiger partial charge in [-0.1, -0.05) is 18.2 Å². The number of fused-ring (bicyclic) bond motifs is 1. The van der Waals surface area contributed by atoms with Crippen LogP contribution in [0.15, 0.2) is 18.2 Å². The van der Waals surface area contributed by atoms with E-state index in [9.17, 15) is 0 Å². The van der Waals surface area contributed by atoms with Crippen molar-refractivity contribution in [2.45, 2.75) is 45.3 Å². The standard InChI is InChI=1S/C13H19NO/c1-9-7-8-10-5-4-6-11(12(10)15-9)13(2,3)14/h4-6,9H,7-8,14H2,1-3H3. The topological polar surface area (TPSA) is 35.2 Å². The second-order valence-corrected chi connectivity index (χ2v) is 4.98. The van der Waals surface area contributed by atoms with Gasteiger partial charge in [0.25, 0.3) is 0 Å². The SMILES string of the molecule is CC1CCc2cccc(C(C)(C)N)c2O1. The van der Waals surface area contributed by atoms with E-state index in [2.05, 4.69) is 25.1 Å². The zero-order valence-corrected chi connectivity index (χ0v) is 9.71. The summed E-state index contributed by atoms with van der Waals surface area (Å²) >= 11 is 0. The monoisotopic (exact) mass is 205 g/mol. The molecule has 0 spiro atoms. The molecule has 0 bridgehead atoms. The normalized spacial score (nSPS) is 20.7. The molecule has 1 aromatic carbocycles. The third-order valence-electron chi connectivity index (χ3n) is 2.93. The Morgan fingerprint density at radius 3 is 2.80 bits per heavy atom. The van der Waals surface area contributed by atoms with E-state index in [1.54, 1.807) is 0 Å². The van der Waals surface area contributed by atoms with Gasteiger partial charge in [-0.2, -0.15) is 0 Å². The molecule has 1 atom stereocenters. The Balaban J connectivity index is 2.49. The van der Waals surface area contributed by atoms with E-state index in [0.29, 0.717) is 6.10 Å². The van der Waals surface area contributed by atoms with Gasteiger partial charge in [0, 0.05) is 11.1 Å². The van der Waals surface area contributed by atoms with Crippen LogP contribution >= 0.6 is 0 Å². The van der Waals surface area contributed by atoms with Gasteiger partial charge in [0.2, 0.25) is 0 Å². The first kappa shape index (κ1) is 10.5. The average molecular weight is 205 g/mol. The maximum atomic E-state index is 6.15. The zero-order valence-electron chi connectivity index (χ0n) is 9.71. The number of hydrogen-bond donors (Lipinski definition) is 1. The smallest absolute Gasteiger partial charge is 0.127 e. The molecule has 0 aromatic heterocycles. The molecule has 0 aliphatic carbocycles. The van der Waals surface area contributed by atoms with E-state index >= 15 is 0 Å². The fraction of sp³-hybridized carbons (Fsp3) is 0.538. The number of nitrogens with two attached hydrogens (primary N) is 1. The zero-order chi connectivity index (χ0) is 11.1. The van der Waals surface area contributed by atoms with Crippen molar-refractivity contribution < 1.29 is 4.74 Å². The molecule has 0 radical (unpaired) electrons. The predicted octanol–water partition coefficient (Wildman–Crippen LogP) is 2.59. The van der Waals surface area contributed by atoms with Gasteiger partial charge in [-0.3, -0.25) is 0 Å². The first-order valence-corrected chi connectivity index (χ1v) is 5.56. The van der Waals surface area contributed by atoms with Crippen LogP contribution in [0.25, 0.3) is 0 Å². The number of aryl methyl sites for hydroxylation is 1. The average Bonchev–Trinajstić information content (AvgIpc) is 2.15. The van der Waals surface area contributed by atoms with Gasteiger partial charge in [-0.05, 0) is 39.2 Å². The lowest BCUT2D eigenvalue weighted by molar-refractivity contribution is 0.187. The van der Waals surface area contributed by atoms with Crippen LogP contribution in [0, 0.1) is 0 Å². The van der Waals surface area contributed by atoms with E-state index < -0.39 is 0 Å². The summed E-state index contributed by atoms with van der Waals surface area (Å²) < 4.78 is 5.91. The molecule has 1 aliphatic rings. The molecule has 0 saturated heterocycles. The Labute approximate surface area is 91.4 Å². The Bertz CT molecular complexity index is 365. The number of para-hydroxylation sites is 1. The molecule has 1 unspecified atom stereocenters. The van der Waals surface area contributed by atoms with Crippen molar-refractivity contribution in [2.24, 2.45) is 5.73 Å². The summed E-state index contributed by atoms with van der Waals surface area (Å²) in [6, 6.07) is 6.27. The third-order valence-corrected chi connectivity index (χ3v) is 2.93. The van der Waals surface area contributed by atoms with Crippen LogP contribution < -0.4 is 10.5 Å². The van der Waals surface area contributed by atoms with Gasteiger partial charge in [0.05, 0.1) is 6.10 Å². The predicted molar refractivity (Wildman–Crippen MR) is 62.1 cm³/mol. The molecule has 0 amide bonds. The first-order chi connectivity index (χ1) is 6.98. The summed E-state index contributed by atoms with van der Waals surface area (Å²) in [7, 11) is 0. The Kier molecular flexibility index (Phi) is 2.47. The van der Waals surface area contributed by atoms with Crippen LogP contribution in [-0.4, -0.2) is 6.10 Å². The van der Waals surface area contributed by atoms with E-state index in [1.165, 1.54) is 5.56 Å². The second kappa shape index (κ2) is 3.53. The fourth-order valence-electron chi connectivity index (χ4n) is 2.05. The molecule has 82 valence electrons. The van der Waals surface area contributed by atoms with Crippen molar-refractivity contribution >= 4 is 0 Å². The van der Waals surface area contributed by atoms with Gasteiger partial charge in [0.15, 0.2) is 0 Å². The first-order valence-electron chi connectivity index (χ1n) is 5.56. The van der Waals surface area contributed by atoms with Crippen LogP contribution in [0.2, 0.25) is 0 Å². The number of rotatable bonds is 1. The lowest BCUT2D eigenvalue weighted by Gasteiger charge is -2.30. The third kappa shape index (κ3) is 2.00. The summed E-state index contributed by atoms with van der Waals surface area (Å²) in [6.45, 7) is 6.15. The number of benzene rings is 1. The number of ether oxygens (including phenoxy) is 1. The summed E-state index contributed by atoms with van der Waals surface area (Å²) in [6.07, 6.45) is 2.50. The van der Waals surface area contributed by atoms with Crippen molar-refractivity contribution in [1.29, 1.82) is 0 Å². The van der Waals surface area contributed by atoms with Gasteiger partial charge in [-0.25, -0.2) is 0 Å². The second-order valence-electron chi connectivity index (χ2n) is 4.98. The molecule has 2 nitrogen and oxygen atoms in total. The van der Waals surface area contributed by atoms with Crippen molar-refractivity contribution in [3.63, 3.8) is 0 Å². The van der Waals surface area contributed by atoms with Gasteiger partial charge >= 0.3 is 0 Å². The van der Waals surface area contributed by atoms with Crippen LogP contribution in [0.1, 0.15) is 38.3 Å². The summed E-state index contributed by atoms with van der Waals surface area (Å²) in [5, 5.41) is 0. The van der Waals surface area contributed by atoms with Crippen molar-refractivity contribution in [3.8, 4) is 5.75 Å². The summed E-state index contributed by atoms with van der Waals surface area (Å²) in [4.78, 5) is 0. The molecular weight excluding hydrogens is 186 g/mol. The van der Waals surface area contributed by atoms with E-state index in [0.717, 1.165) is 24.2 Å². The molecule has 1 heterocycles. The molecule has 1 aromatic rings. The minimum Gasteiger partial charge on any atom is -0.490 e. The van der Waals surface area contributed by atoms with Gasteiger partial charge in [0.1, 0.15) is 5.75 Å². The van der Waals surface area contributed by atoms with E-state index in [-0.39, 0.29) is 5.54 Å². The largest absolute Gasteiger partial charge is 0.490 e. The minimum atomic E-state index is -0.331. The minimum absolute atomic E-state index is 0.306. The van der Waals surface area contributed by atoms with Crippen LogP contribution in [0.4, 0.5) is 0 Å². The van der Waals surface area contributed by atoms with Gasteiger partial charge in [-0.15, -0.1) is 0 Å². The van der Waals surface area contributed by atoms with Crippen molar-refractivity contribution in [2.75, 3.05) is 0 Å². The highest BCUT2D eigenvalue weighted by atomic mass is 16.5. The van der Waals surface area contributed by atoms with E-state index in [1.807, 2.05) is 13.8 Å².